The predicted octanol–water partition coefficient (Wildman–Crippen LogP) is 3.13. The average molecular weight is 313 g/mol. The molecule has 1 fully saturated rings. The lowest BCUT2D eigenvalue weighted by Gasteiger charge is -2.40. The van der Waals surface area contributed by atoms with Gasteiger partial charge >= 0.3 is 5.97 Å². The second-order valence-corrected chi connectivity index (χ2v) is 6.05. The highest BCUT2D eigenvalue weighted by Crippen LogP contribution is 2.38. The van der Waals surface area contributed by atoms with Gasteiger partial charge in [0.2, 0.25) is 0 Å². The van der Waals surface area contributed by atoms with E-state index >= 15 is 0 Å². The minimum Gasteiger partial charge on any atom is -0.469 e. The smallest absolute Gasteiger partial charge is 0.313 e. The van der Waals surface area contributed by atoms with Crippen LogP contribution in [-0.2, 0) is 14.3 Å². The molecule has 0 bridgehead atoms. The lowest BCUT2D eigenvalue weighted by atomic mass is 9.77. The standard InChI is InChI=1S/C14H17BrO3/c1-14(8-18-9-14)7-12(13(16)17-2)10-4-3-5-11(15)6-10/h3-6,12H,7-9H2,1-2H3. The first-order chi connectivity index (χ1) is 8.54. The average Bonchev–Trinajstić information content (AvgIpc) is 2.33. The zero-order valence-electron chi connectivity index (χ0n) is 10.6. The van der Waals surface area contributed by atoms with E-state index in [1.165, 1.54) is 7.11 Å². The summed E-state index contributed by atoms with van der Waals surface area (Å²) in [6.45, 7) is 3.58. The summed E-state index contributed by atoms with van der Waals surface area (Å²) in [4.78, 5) is 12.0. The van der Waals surface area contributed by atoms with Crippen molar-refractivity contribution in [3.8, 4) is 0 Å². The highest BCUT2D eigenvalue weighted by molar-refractivity contribution is 9.10. The van der Waals surface area contributed by atoms with Crippen molar-refractivity contribution >= 4 is 21.9 Å². The summed E-state index contributed by atoms with van der Waals surface area (Å²) < 4.78 is 11.2. The fourth-order valence-electron chi connectivity index (χ4n) is 2.26. The van der Waals surface area contributed by atoms with E-state index in [0.29, 0.717) is 13.2 Å². The molecule has 0 saturated carbocycles. The third-order valence-corrected chi connectivity index (χ3v) is 3.83. The monoisotopic (exact) mass is 312 g/mol. The van der Waals surface area contributed by atoms with E-state index in [2.05, 4.69) is 22.9 Å². The van der Waals surface area contributed by atoms with Gasteiger partial charge in [0.25, 0.3) is 0 Å². The summed E-state index contributed by atoms with van der Waals surface area (Å²) in [5, 5.41) is 0. The Balaban J connectivity index is 2.22. The first kappa shape index (κ1) is 13.6. The van der Waals surface area contributed by atoms with Gasteiger partial charge in [-0.05, 0) is 24.1 Å². The summed E-state index contributed by atoms with van der Waals surface area (Å²) >= 11 is 3.44. The molecule has 1 aliphatic rings. The minimum absolute atomic E-state index is 0.0845. The van der Waals surface area contributed by atoms with Crippen molar-refractivity contribution in [1.82, 2.24) is 0 Å². The SMILES string of the molecule is COC(=O)C(CC1(C)COC1)c1cccc(Br)c1. The van der Waals surface area contributed by atoms with Crippen molar-refractivity contribution in [1.29, 1.82) is 0 Å². The second-order valence-electron chi connectivity index (χ2n) is 5.14. The molecule has 1 heterocycles. The third-order valence-electron chi connectivity index (χ3n) is 3.33. The zero-order valence-corrected chi connectivity index (χ0v) is 12.2. The molecule has 98 valence electrons. The highest BCUT2D eigenvalue weighted by atomic mass is 79.9. The normalized spacial score (nSPS) is 18.8. The molecule has 1 aromatic rings. The van der Waals surface area contributed by atoms with E-state index in [-0.39, 0.29) is 17.3 Å². The van der Waals surface area contributed by atoms with E-state index in [1.54, 1.807) is 0 Å². The summed E-state index contributed by atoms with van der Waals surface area (Å²) in [6.07, 6.45) is 0.760. The Morgan fingerprint density at radius 1 is 1.56 bits per heavy atom. The van der Waals surface area contributed by atoms with Crippen LogP contribution in [0.2, 0.25) is 0 Å². The first-order valence-corrected chi connectivity index (χ1v) is 6.74. The molecule has 1 aliphatic heterocycles. The van der Waals surface area contributed by atoms with Gasteiger partial charge in [-0.25, -0.2) is 0 Å². The Kier molecular flexibility index (Phi) is 4.07. The molecule has 2 rings (SSSR count). The second kappa shape index (κ2) is 5.41. The van der Waals surface area contributed by atoms with Crippen LogP contribution >= 0.6 is 15.9 Å². The molecule has 4 heteroatoms. The number of carbonyl (C=O) groups is 1. The van der Waals surface area contributed by atoms with E-state index in [0.717, 1.165) is 16.5 Å². The van der Waals surface area contributed by atoms with Crippen molar-refractivity contribution in [3.05, 3.63) is 34.3 Å². The molecule has 0 N–H and O–H groups in total. The number of halogens is 1. The summed E-state index contributed by atoms with van der Waals surface area (Å²) in [5.41, 5.74) is 1.07. The van der Waals surface area contributed by atoms with Crippen LogP contribution in [-0.4, -0.2) is 26.3 Å². The maximum atomic E-state index is 12.0. The molecule has 0 spiro atoms. The number of methoxy groups -OCH3 is 1. The molecule has 0 radical (unpaired) electrons. The van der Waals surface area contributed by atoms with Crippen LogP contribution in [0.3, 0.4) is 0 Å². The van der Waals surface area contributed by atoms with Gasteiger partial charge in [-0.3, -0.25) is 4.79 Å². The van der Waals surface area contributed by atoms with E-state index < -0.39 is 0 Å². The molecule has 3 nitrogen and oxygen atoms in total. The fourth-order valence-corrected chi connectivity index (χ4v) is 2.68. The Labute approximate surface area is 116 Å². The van der Waals surface area contributed by atoms with Gasteiger partial charge < -0.3 is 9.47 Å². The number of ether oxygens (including phenoxy) is 2. The van der Waals surface area contributed by atoms with Crippen LogP contribution in [0.25, 0.3) is 0 Å². The molecule has 1 atom stereocenters. The molecule has 1 aromatic carbocycles. The quantitative estimate of drug-likeness (QED) is 0.801. The third kappa shape index (κ3) is 2.93. The molecule has 0 aromatic heterocycles. The number of benzene rings is 1. The van der Waals surface area contributed by atoms with Crippen molar-refractivity contribution in [2.45, 2.75) is 19.3 Å². The number of esters is 1. The molecular weight excluding hydrogens is 296 g/mol. The maximum Gasteiger partial charge on any atom is 0.313 e. The Morgan fingerprint density at radius 2 is 2.28 bits per heavy atom. The lowest BCUT2D eigenvalue weighted by molar-refractivity contribution is -0.148. The van der Waals surface area contributed by atoms with Gasteiger partial charge in [-0.2, -0.15) is 0 Å². The summed E-state index contributed by atoms with van der Waals surface area (Å²) in [5.74, 6) is -0.400. The first-order valence-electron chi connectivity index (χ1n) is 5.95. The van der Waals surface area contributed by atoms with Gasteiger partial charge in [0.05, 0.1) is 26.2 Å². The fraction of sp³-hybridized carbons (Fsp3) is 0.500. The predicted molar refractivity (Wildman–Crippen MR) is 72.4 cm³/mol. The van der Waals surface area contributed by atoms with Gasteiger partial charge in [-0.15, -0.1) is 0 Å². The van der Waals surface area contributed by atoms with Gasteiger partial charge in [0, 0.05) is 9.89 Å². The Hall–Kier alpha value is -0.870. The molecule has 1 unspecified atom stereocenters. The Bertz CT molecular complexity index is 440. The topological polar surface area (TPSA) is 35.5 Å². The summed E-state index contributed by atoms with van der Waals surface area (Å²) in [7, 11) is 1.44. The Morgan fingerprint density at radius 3 is 2.78 bits per heavy atom. The number of rotatable bonds is 4. The van der Waals surface area contributed by atoms with Crippen LogP contribution in [0.5, 0.6) is 0 Å². The van der Waals surface area contributed by atoms with Gasteiger partial charge in [-0.1, -0.05) is 35.0 Å². The molecule has 18 heavy (non-hydrogen) atoms. The molecular formula is C14H17BrO3. The van der Waals surface area contributed by atoms with Crippen LogP contribution < -0.4 is 0 Å². The minimum atomic E-state index is -0.221. The van der Waals surface area contributed by atoms with E-state index in [4.69, 9.17) is 9.47 Å². The zero-order chi connectivity index (χ0) is 13.2. The van der Waals surface area contributed by atoms with Crippen molar-refractivity contribution in [2.75, 3.05) is 20.3 Å². The van der Waals surface area contributed by atoms with Crippen LogP contribution in [0, 0.1) is 5.41 Å². The van der Waals surface area contributed by atoms with Gasteiger partial charge in [0.1, 0.15) is 0 Å². The van der Waals surface area contributed by atoms with E-state index in [1.807, 2.05) is 24.3 Å². The number of hydrogen-bond donors (Lipinski definition) is 0. The lowest BCUT2D eigenvalue weighted by Crippen LogP contribution is -2.42. The maximum absolute atomic E-state index is 12.0. The molecule has 0 aliphatic carbocycles. The molecule has 1 saturated heterocycles. The largest absolute Gasteiger partial charge is 0.469 e. The molecule has 0 amide bonds. The van der Waals surface area contributed by atoms with Crippen LogP contribution in [0.4, 0.5) is 0 Å². The van der Waals surface area contributed by atoms with Crippen molar-refractivity contribution in [2.24, 2.45) is 5.41 Å². The van der Waals surface area contributed by atoms with Crippen LogP contribution in [0.1, 0.15) is 24.8 Å². The van der Waals surface area contributed by atoms with Gasteiger partial charge in [0.15, 0.2) is 0 Å². The number of hydrogen-bond acceptors (Lipinski definition) is 3. The van der Waals surface area contributed by atoms with Crippen molar-refractivity contribution < 1.29 is 14.3 Å². The number of carbonyl (C=O) groups excluding carboxylic acids is 1. The summed E-state index contributed by atoms with van der Waals surface area (Å²) in [6, 6.07) is 7.83. The van der Waals surface area contributed by atoms with Crippen LogP contribution in [0.15, 0.2) is 28.7 Å². The van der Waals surface area contributed by atoms with E-state index in [9.17, 15) is 4.79 Å². The van der Waals surface area contributed by atoms with Crippen molar-refractivity contribution in [3.63, 3.8) is 0 Å². The highest BCUT2D eigenvalue weighted by Gasteiger charge is 2.38.